The normalized spacial score (nSPS) is 23.6. The molecule has 2 aliphatic heterocycles. The Labute approximate surface area is 136 Å². The average molecular weight is 311 g/mol. The highest BCUT2D eigenvalue weighted by molar-refractivity contribution is 6.05. The third-order valence-corrected chi connectivity index (χ3v) is 5.46. The highest BCUT2D eigenvalue weighted by Crippen LogP contribution is 2.34. The lowest BCUT2D eigenvalue weighted by Gasteiger charge is -2.29. The number of H-pyrrole nitrogens is 1. The van der Waals surface area contributed by atoms with Gasteiger partial charge in [-0.25, -0.2) is 9.37 Å². The molecule has 0 spiro atoms. The lowest BCUT2D eigenvalue weighted by atomic mass is 9.83. The topological polar surface area (TPSA) is 45.1 Å². The number of methoxy groups -OCH3 is 1. The van der Waals surface area contributed by atoms with E-state index in [0.29, 0.717) is 5.92 Å². The molecule has 4 nitrogen and oxygen atoms in total. The first-order valence-corrected chi connectivity index (χ1v) is 8.55. The van der Waals surface area contributed by atoms with Crippen LogP contribution in [0.4, 0.5) is 0 Å². The number of ether oxygens (including phenoxy) is 1. The predicted octanol–water partition coefficient (Wildman–Crippen LogP) is 2.89. The molecule has 0 fully saturated rings. The minimum Gasteiger partial charge on any atom is -0.464 e. The van der Waals surface area contributed by atoms with Gasteiger partial charge in [0, 0.05) is 29.7 Å². The Bertz CT molecular complexity index is 803. The van der Waals surface area contributed by atoms with E-state index >= 15 is 0 Å². The van der Waals surface area contributed by atoms with Gasteiger partial charge < -0.3 is 9.72 Å². The summed E-state index contributed by atoms with van der Waals surface area (Å²) in [4.78, 5) is 16.0. The molecular formula is C19H23N2O2+. The highest BCUT2D eigenvalue weighted by Gasteiger charge is 2.45. The van der Waals surface area contributed by atoms with Crippen LogP contribution in [0.15, 0.2) is 24.3 Å². The van der Waals surface area contributed by atoms with E-state index in [1.807, 2.05) is 0 Å². The molecule has 1 aromatic carbocycles. The zero-order valence-corrected chi connectivity index (χ0v) is 13.8. The van der Waals surface area contributed by atoms with E-state index in [1.54, 1.807) is 0 Å². The van der Waals surface area contributed by atoms with Gasteiger partial charge in [0.15, 0.2) is 0 Å². The number of carbonyl (C=O) groups is 1. The van der Waals surface area contributed by atoms with Crippen molar-refractivity contribution in [2.75, 3.05) is 13.7 Å². The van der Waals surface area contributed by atoms with Crippen molar-refractivity contribution in [2.45, 2.75) is 38.6 Å². The standard InChI is InChI=1S/C19H22N2O2/c1-3-12-7-6-10-21-16(19(22)23-2)11-14-13-8-4-5-9-15(13)20-17(14)18(12)21/h4-5,8-9,12,16H,3,6-7,10-11H2,1-2H3/p+1/t12?,16-/m1/s1. The van der Waals surface area contributed by atoms with Crippen LogP contribution in [0.1, 0.15) is 37.4 Å². The van der Waals surface area contributed by atoms with Crippen molar-refractivity contribution in [1.82, 2.24) is 4.98 Å². The van der Waals surface area contributed by atoms with Gasteiger partial charge in [0.2, 0.25) is 5.71 Å². The van der Waals surface area contributed by atoms with Gasteiger partial charge in [-0.3, -0.25) is 0 Å². The van der Waals surface area contributed by atoms with Crippen molar-refractivity contribution in [3.05, 3.63) is 35.5 Å². The summed E-state index contributed by atoms with van der Waals surface area (Å²) in [5.74, 6) is 0.401. The summed E-state index contributed by atoms with van der Waals surface area (Å²) in [6.07, 6.45) is 4.18. The SMILES string of the molecule is CCC1CCC[N+]2=C1c1[nH]c3ccccc3c1C[C@@H]2C(=O)OC. The molecule has 3 heterocycles. The molecular weight excluding hydrogens is 288 g/mol. The second-order valence-electron chi connectivity index (χ2n) is 6.59. The van der Waals surface area contributed by atoms with Crippen LogP contribution in [-0.4, -0.2) is 40.9 Å². The van der Waals surface area contributed by atoms with Gasteiger partial charge in [-0.05, 0) is 24.5 Å². The van der Waals surface area contributed by atoms with Gasteiger partial charge in [-0.1, -0.05) is 25.1 Å². The Morgan fingerprint density at radius 1 is 1.39 bits per heavy atom. The van der Waals surface area contributed by atoms with Crippen molar-refractivity contribution in [3.63, 3.8) is 0 Å². The number of benzene rings is 1. The molecule has 1 unspecified atom stereocenters. The molecule has 2 aromatic rings. The van der Waals surface area contributed by atoms with Gasteiger partial charge in [0.05, 0.1) is 7.11 Å². The summed E-state index contributed by atoms with van der Waals surface area (Å²) >= 11 is 0. The highest BCUT2D eigenvalue weighted by atomic mass is 16.5. The largest absolute Gasteiger partial charge is 0.464 e. The van der Waals surface area contributed by atoms with E-state index in [9.17, 15) is 4.79 Å². The minimum atomic E-state index is -0.184. The number of para-hydroxylation sites is 1. The number of nitrogens with zero attached hydrogens (tertiary/aromatic N) is 1. The fourth-order valence-electron chi connectivity index (χ4n) is 4.35. The Hall–Kier alpha value is -2.10. The van der Waals surface area contributed by atoms with E-state index < -0.39 is 0 Å². The van der Waals surface area contributed by atoms with E-state index in [4.69, 9.17) is 4.74 Å². The number of aromatic nitrogens is 1. The van der Waals surface area contributed by atoms with Crippen molar-refractivity contribution < 1.29 is 14.1 Å². The van der Waals surface area contributed by atoms with Crippen molar-refractivity contribution in [3.8, 4) is 0 Å². The van der Waals surface area contributed by atoms with Crippen LogP contribution in [0.25, 0.3) is 10.9 Å². The second-order valence-corrected chi connectivity index (χ2v) is 6.59. The number of esters is 1. The summed E-state index contributed by atoms with van der Waals surface area (Å²) in [5.41, 5.74) is 5.02. The molecule has 0 saturated heterocycles. The molecule has 1 N–H and O–H groups in total. The maximum absolute atomic E-state index is 12.4. The number of hydrogen-bond acceptors (Lipinski definition) is 2. The first-order chi connectivity index (χ1) is 11.2. The number of rotatable bonds is 2. The molecule has 0 aliphatic carbocycles. The number of carbonyl (C=O) groups excluding carboxylic acids is 1. The van der Waals surface area contributed by atoms with E-state index in [-0.39, 0.29) is 12.0 Å². The third kappa shape index (κ3) is 2.12. The first kappa shape index (κ1) is 14.5. The van der Waals surface area contributed by atoms with Gasteiger partial charge in [-0.2, -0.15) is 0 Å². The molecule has 1 aromatic heterocycles. The molecule has 0 saturated carbocycles. The Morgan fingerprint density at radius 3 is 3.00 bits per heavy atom. The summed E-state index contributed by atoms with van der Waals surface area (Å²) < 4.78 is 7.41. The van der Waals surface area contributed by atoms with Crippen molar-refractivity contribution in [2.24, 2.45) is 5.92 Å². The van der Waals surface area contributed by atoms with Crippen LogP contribution < -0.4 is 0 Å². The predicted molar refractivity (Wildman–Crippen MR) is 90.1 cm³/mol. The van der Waals surface area contributed by atoms with Crippen LogP contribution in [0.3, 0.4) is 0 Å². The molecule has 120 valence electrons. The fourth-order valence-corrected chi connectivity index (χ4v) is 4.35. The first-order valence-electron chi connectivity index (χ1n) is 8.55. The van der Waals surface area contributed by atoms with E-state index in [0.717, 1.165) is 31.3 Å². The lowest BCUT2D eigenvalue weighted by molar-refractivity contribution is -0.562. The minimum absolute atomic E-state index is 0.116. The molecule has 0 bridgehead atoms. The number of fused-ring (bicyclic) bond motifs is 4. The quantitative estimate of drug-likeness (QED) is 0.685. The van der Waals surface area contributed by atoms with Gasteiger partial charge >= 0.3 is 5.97 Å². The maximum atomic E-state index is 12.4. The number of nitrogens with one attached hydrogen (secondary N) is 1. The van der Waals surface area contributed by atoms with Crippen molar-refractivity contribution in [1.29, 1.82) is 0 Å². The monoisotopic (exact) mass is 311 g/mol. The lowest BCUT2D eigenvalue weighted by Crippen LogP contribution is -2.48. The zero-order chi connectivity index (χ0) is 16.0. The molecule has 2 atom stereocenters. The average Bonchev–Trinajstić information content (AvgIpc) is 2.98. The molecule has 0 amide bonds. The van der Waals surface area contributed by atoms with Crippen LogP contribution in [0.5, 0.6) is 0 Å². The third-order valence-electron chi connectivity index (χ3n) is 5.46. The van der Waals surface area contributed by atoms with Crippen LogP contribution >= 0.6 is 0 Å². The van der Waals surface area contributed by atoms with Crippen molar-refractivity contribution >= 4 is 22.6 Å². The smallest absolute Gasteiger partial charge is 0.375 e. The van der Waals surface area contributed by atoms with E-state index in [1.165, 1.54) is 35.9 Å². The van der Waals surface area contributed by atoms with Gasteiger partial charge in [0.1, 0.15) is 12.2 Å². The summed E-state index contributed by atoms with van der Waals surface area (Å²) in [6, 6.07) is 8.21. The second kappa shape index (κ2) is 5.52. The van der Waals surface area contributed by atoms with E-state index in [2.05, 4.69) is 40.7 Å². The Balaban J connectivity index is 1.97. The zero-order valence-electron chi connectivity index (χ0n) is 13.8. The maximum Gasteiger partial charge on any atom is 0.375 e. The molecule has 4 heteroatoms. The molecule has 2 aliphatic rings. The van der Waals surface area contributed by atoms with Gasteiger partial charge in [-0.15, -0.1) is 0 Å². The van der Waals surface area contributed by atoms with Crippen LogP contribution in [0, 0.1) is 5.92 Å². The summed E-state index contributed by atoms with van der Waals surface area (Å²) in [6.45, 7) is 3.19. The number of hydrogen-bond donors (Lipinski definition) is 1. The Kier molecular flexibility index (Phi) is 3.47. The summed E-state index contributed by atoms with van der Waals surface area (Å²) in [5, 5.41) is 1.24. The summed E-state index contributed by atoms with van der Waals surface area (Å²) in [7, 11) is 1.49. The van der Waals surface area contributed by atoms with Gasteiger partial charge in [0.25, 0.3) is 6.04 Å². The molecule has 4 rings (SSSR count). The fraction of sp³-hybridized carbons (Fsp3) is 0.474. The Morgan fingerprint density at radius 2 is 2.22 bits per heavy atom. The van der Waals surface area contributed by atoms with Crippen LogP contribution in [-0.2, 0) is 16.0 Å². The number of aromatic amines is 1. The van der Waals surface area contributed by atoms with Crippen LogP contribution in [0.2, 0.25) is 0 Å². The molecule has 23 heavy (non-hydrogen) atoms. The molecule has 0 radical (unpaired) electrons.